The van der Waals surface area contributed by atoms with Crippen LogP contribution >= 0.6 is 0 Å². The van der Waals surface area contributed by atoms with Crippen LogP contribution in [-0.4, -0.2) is 57.5 Å². The van der Waals surface area contributed by atoms with Crippen molar-refractivity contribution >= 4 is 11.9 Å². The normalized spacial score (nSPS) is 24.7. The first-order chi connectivity index (χ1) is 15.0. The van der Waals surface area contributed by atoms with Crippen LogP contribution < -0.4 is 5.32 Å². The lowest BCUT2D eigenvalue weighted by atomic mass is 9.74. The summed E-state index contributed by atoms with van der Waals surface area (Å²) in [6.07, 6.45) is 2.89. The highest BCUT2D eigenvalue weighted by Gasteiger charge is 2.41. The van der Waals surface area contributed by atoms with Crippen molar-refractivity contribution in [2.24, 2.45) is 5.92 Å². The van der Waals surface area contributed by atoms with Crippen molar-refractivity contribution in [1.82, 2.24) is 20.2 Å². The minimum absolute atomic E-state index is 0.0377. The Kier molecular flexibility index (Phi) is 6.61. The quantitative estimate of drug-likeness (QED) is 0.679. The van der Waals surface area contributed by atoms with Gasteiger partial charge in [0.15, 0.2) is 0 Å². The summed E-state index contributed by atoms with van der Waals surface area (Å²) in [5, 5.41) is 11.7. The van der Waals surface area contributed by atoms with E-state index in [1.165, 1.54) is 0 Å². The van der Waals surface area contributed by atoms with Gasteiger partial charge in [0.25, 0.3) is 0 Å². The fraction of sp³-hybridized carbons (Fsp3) is 0.500. The Labute approximate surface area is 182 Å². The molecule has 5 rings (SSSR count). The predicted molar refractivity (Wildman–Crippen MR) is 118 cm³/mol. The first-order valence-corrected chi connectivity index (χ1v) is 11.1. The Morgan fingerprint density at radius 3 is 2.71 bits per heavy atom. The summed E-state index contributed by atoms with van der Waals surface area (Å²) in [5.41, 5.74) is 3.21. The number of carboxylic acid groups (broad SMARTS) is 1. The lowest BCUT2D eigenvalue weighted by molar-refractivity contribution is -0.137. The Morgan fingerprint density at radius 1 is 1.19 bits per heavy atom. The van der Waals surface area contributed by atoms with Gasteiger partial charge in [0.2, 0.25) is 5.91 Å². The monoisotopic (exact) mass is 422 g/mol. The van der Waals surface area contributed by atoms with E-state index in [0.29, 0.717) is 30.8 Å². The third-order valence-corrected chi connectivity index (χ3v) is 6.52. The molecule has 31 heavy (non-hydrogen) atoms. The van der Waals surface area contributed by atoms with Gasteiger partial charge in [0.1, 0.15) is 5.82 Å². The average Bonchev–Trinajstić information content (AvgIpc) is 2.78. The van der Waals surface area contributed by atoms with Crippen LogP contribution in [0.15, 0.2) is 36.4 Å². The molecule has 1 amide bonds. The summed E-state index contributed by atoms with van der Waals surface area (Å²) in [6, 6.07) is 12.7. The van der Waals surface area contributed by atoms with Crippen molar-refractivity contribution in [1.29, 1.82) is 0 Å². The van der Waals surface area contributed by atoms with E-state index in [4.69, 9.17) is 10.1 Å². The number of aryl methyl sites for hydroxylation is 1. The van der Waals surface area contributed by atoms with Crippen molar-refractivity contribution in [3.05, 3.63) is 47.9 Å². The molecule has 4 heterocycles. The lowest BCUT2D eigenvalue weighted by Gasteiger charge is -2.49. The van der Waals surface area contributed by atoms with Crippen molar-refractivity contribution in [3.8, 4) is 11.3 Å². The number of nitrogens with one attached hydrogen (secondary N) is 1. The number of amides is 1. The van der Waals surface area contributed by atoms with Gasteiger partial charge in [0.05, 0.1) is 5.69 Å². The highest BCUT2D eigenvalue weighted by Crippen LogP contribution is 2.41. The fourth-order valence-corrected chi connectivity index (χ4v) is 4.94. The fourth-order valence-electron chi connectivity index (χ4n) is 4.94. The molecule has 0 radical (unpaired) electrons. The second-order valence-corrected chi connectivity index (χ2v) is 8.68. The van der Waals surface area contributed by atoms with Crippen LogP contribution in [0, 0.1) is 12.8 Å². The SMILES string of the molecule is Cc1nc(-c2ccccc2)cc([C@@H]2CN3CC[C@H]2C[C@@H]3CNC(=O)CCCC(=O)O)n1. The summed E-state index contributed by atoms with van der Waals surface area (Å²) in [7, 11) is 0. The zero-order valence-electron chi connectivity index (χ0n) is 18.0. The molecule has 3 saturated heterocycles. The number of rotatable bonds is 8. The maximum atomic E-state index is 12.0. The standard InChI is InChI=1S/C24H30N4O3/c1-16-26-21(17-6-3-2-4-7-17)13-22(27-16)20-15-28-11-10-18(20)12-19(28)14-25-23(29)8-5-9-24(30)31/h2-4,6-7,13,18-20H,5,8-12,14-15H2,1H3,(H,25,29)(H,30,31)/t18-,19+,20+/m0/s1. The summed E-state index contributed by atoms with van der Waals surface area (Å²) in [5.74, 6) is 0.833. The van der Waals surface area contributed by atoms with Gasteiger partial charge < -0.3 is 10.4 Å². The molecule has 2 aromatic rings. The van der Waals surface area contributed by atoms with Gasteiger partial charge in [-0.1, -0.05) is 30.3 Å². The third kappa shape index (κ3) is 5.28. The molecule has 3 aliphatic heterocycles. The number of aromatic nitrogens is 2. The molecule has 3 aliphatic rings. The second-order valence-electron chi connectivity index (χ2n) is 8.68. The van der Waals surface area contributed by atoms with Crippen LogP contribution in [0.3, 0.4) is 0 Å². The van der Waals surface area contributed by atoms with Gasteiger partial charge in [-0.15, -0.1) is 0 Å². The van der Waals surface area contributed by atoms with E-state index in [1.54, 1.807) is 0 Å². The molecule has 2 bridgehead atoms. The van der Waals surface area contributed by atoms with E-state index < -0.39 is 5.97 Å². The van der Waals surface area contributed by atoms with Gasteiger partial charge >= 0.3 is 5.97 Å². The van der Waals surface area contributed by atoms with Crippen molar-refractivity contribution < 1.29 is 14.7 Å². The number of carbonyl (C=O) groups is 2. The zero-order chi connectivity index (χ0) is 21.8. The van der Waals surface area contributed by atoms with Gasteiger partial charge in [-0.2, -0.15) is 0 Å². The predicted octanol–water partition coefficient (Wildman–Crippen LogP) is 3.00. The summed E-state index contributed by atoms with van der Waals surface area (Å²) >= 11 is 0. The number of hydrogen-bond donors (Lipinski definition) is 2. The molecule has 7 nitrogen and oxygen atoms in total. The summed E-state index contributed by atoms with van der Waals surface area (Å²) in [6.45, 7) is 4.60. The van der Waals surface area contributed by atoms with Gasteiger partial charge in [-0.25, -0.2) is 9.97 Å². The van der Waals surface area contributed by atoms with Gasteiger partial charge in [-0.05, 0) is 44.7 Å². The molecule has 2 N–H and O–H groups in total. The largest absolute Gasteiger partial charge is 0.481 e. The van der Waals surface area contributed by atoms with Crippen LogP contribution in [0.25, 0.3) is 11.3 Å². The Morgan fingerprint density at radius 2 is 2.00 bits per heavy atom. The van der Waals surface area contributed by atoms with E-state index in [2.05, 4.69) is 33.4 Å². The van der Waals surface area contributed by atoms with E-state index in [1.807, 2.05) is 25.1 Å². The molecular weight excluding hydrogens is 392 g/mol. The topological polar surface area (TPSA) is 95.4 Å². The number of carboxylic acids is 1. The molecule has 0 spiro atoms. The number of nitrogens with zero attached hydrogens (tertiary/aromatic N) is 3. The minimum Gasteiger partial charge on any atom is -0.481 e. The van der Waals surface area contributed by atoms with Crippen LogP contribution in [0.4, 0.5) is 0 Å². The zero-order valence-corrected chi connectivity index (χ0v) is 18.0. The maximum Gasteiger partial charge on any atom is 0.303 e. The summed E-state index contributed by atoms with van der Waals surface area (Å²) < 4.78 is 0. The highest BCUT2D eigenvalue weighted by molar-refractivity contribution is 5.76. The van der Waals surface area contributed by atoms with E-state index in [9.17, 15) is 9.59 Å². The number of fused-ring (bicyclic) bond motifs is 3. The molecule has 7 heteroatoms. The van der Waals surface area contributed by atoms with Crippen molar-refractivity contribution in [2.75, 3.05) is 19.6 Å². The first-order valence-electron chi connectivity index (χ1n) is 11.1. The van der Waals surface area contributed by atoms with Crippen molar-refractivity contribution in [3.63, 3.8) is 0 Å². The smallest absolute Gasteiger partial charge is 0.303 e. The van der Waals surface area contributed by atoms with Crippen LogP contribution in [-0.2, 0) is 9.59 Å². The van der Waals surface area contributed by atoms with E-state index in [-0.39, 0.29) is 18.7 Å². The number of benzene rings is 1. The van der Waals surface area contributed by atoms with Crippen LogP contribution in [0.5, 0.6) is 0 Å². The highest BCUT2D eigenvalue weighted by atomic mass is 16.4. The molecular formula is C24H30N4O3. The third-order valence-electron chi connectivity index (χ3n) is 6.52. The molecule has 1 aromatic carbocycles. The number of piperidine rings is 3. The summed E-state index contributed by atoms with van der Waals surface area (Å²) in [4.78, 5) is 34.5. The number of aliphatic carboxylic acids is 1. The van der Waals surface area contributed by atoms with Crippen LogP contribution in [0.2, 0.25) is 0 Å². The van der Waals surface area contributed by atoms with Crippen LogP contribution in [0.1, 0.15) is 49.5 Å². The van der Waals surface area contributed by atoms with E-state index >= 15 is 0 Å². The molecule has 0 aliphatic carbocycles. The lowest BCUT2D eigenvalue weighted by Crippen LogP contribution is -2.56. The Hall–Kier alpha value is -2.80. The second kappa shape index (κ2) is 9.56. The maximum absolute atomic E-state index is 12.0. The molecule has 0 saturated carbocycles. The van der Waals surface area contributed by atoms with E-state index in [0.717, 1.165) is 48.7 Å². The molecule has 1 unspecified atom stereocenters. The van der Waals surface area contributed by atoms with Crippen molar-refractivity contribution in [2.45, 2.75) is 51.0 Å². The van der Waals surface area contributed by atoms with Gasteiger partial charge in [-0.3, -0.25) is 14.5 Å². The average molecular weight is 423 g/mol. The molecule has 1 aromatic heterocycles. The van der Waals surface area contributed by atoms with Gasteiger partial charge in [0, 0.05) is 49.1 Å². The molecule has 164 valence electrons. The Bertz CT molecular complexity index is 934. The number of carbonyl (C=O) groups excluding carboxylic acids is 1. The first kappa shape index (κ1) is 21.4. The minimum atomic E-state index is -0.857. The molecule has 3 fully saturated rings. The Balaban J connectivity index is 1.38. The number of hydrogen-bond acceptors (Lipinski definition) is 5. The molecule has 4 atom stereocenters.